The normalized spacial score (nSPS) is 15.0. The Balaban J connectivity index is 4.04. The molecule has 0 spiro atoms. The minimum absolute atomic E-state index is 0.351. The van der Waals surface area contributed by atoms with Crippen molar-refractivity contribution < 1.29 is 19.5 Å². The predicted molar refractivity (Wildman–Crippen MR) is 93.8 cm³/mol. The first-order chi connectivity index (χ1) is 10.7. The summed E-state index contributed by atoms with van der Waals surface area (Å²) in [6.07, 6.45) is 14.3. The molecule has 0 aromatic rings. The van der Waals surface area contributed by atoms with Gasteiger partial charge in [-0.25, -0.2) is 0 Å². The van der Waals surface area contributed by atoms with Crippen LogP contribution in [0.25, 0.3) is 0 Å². The van der Waals surface area contributed by atoms with Crippen LogP contribution < -0.4 is 5.11 Å². The third-order valence-corrected chi connectivity index (χ3v) is 3.85. The van der Waals surface area contributed by atoms with Crippen molar-refractivity contribution in [3.8, 4) is 0 Å². The molecule has 136 valence electrons. The maximum Gasteiger partial charge on any atom is 0.137 e. The molecule has 23 heavy (non-hydrogen) atoms. The molecular weight excluding hydrogens is 290 g/mol. The Morgan fingerprint density at radius 3 is 2.04 bits per heavy atom. The summed E-state index contributed by atoms with van der Waals surface area (Å²) in [6, 6.07) is 0. The van der Waals surface area contributed by atoms with Crippen molar-refractivity contribution in [2.75, 3.05) is 27.7 Å². The van der Waals surface area contributed by atoms with Gasteiger partial charge in [-0.1, -0.05) is 64.0 Å². The molecule has 0 aliphatic rings. The Kier molecular flexibility index (Phi) is 11.2. The summed E-state index contributed by atoms with van der Waals surface area (Å²) in [6.45, 7) is 2.58. The molecule has 0 rings (SSSR count). The lowest BCUT2D eigenvalue weighted by atomic mass is 9.97. The quantitative estimate of drug-likeness (QED) is 0.303. The number of unbranched alkanes of at least 4 members (excludes halogenated alkanes) is 8. The molecule has 0 fully saturated rings. The Morgan fingerprint density at radius 1 is 1.04 bits per heavy atom. The number of aliphatic carboxylic acids is 1. The molecule has 0 aliphatic carbocycles. The largest absolute Gasteiger partial charge is 0.550 e. The van der Waals surface area contributed by atoms with Crippen molar-refractivity contribution in [2.24, 2.45) is 0 Å². The van der Waals surface area contributed by atoms with Crippen LogP contribution in [-0.4, -0.2) is 48.8 Å². The number of carbonyl (C=O) groups excluding carboxylic acids is 1. The molecule has 0 bridgehead atoms. The lowest BCUT2D eigenvalue weighted by Crippen LogP contribution is -2.50. The Morgan fingerprint density at radius 2 is 1.57 bits per heavy atom. The van der Waals surface area contributed by atoms with Crippen LogP contribution in [0.15, 0.2) is 12.2 Å². The number of hydrogen-bond donors (Lipinski definition) is 1. The highest BCUT2D eigenvalue weighted by Crippen LogP contribution is 2.17. The molecule has 4 nitrogen and oxygen atoms in total. The Labute approximate surface area is 142 Å². The first kappa shape index (κ1) is 22.1. The standard InChI is InChI=1S/C19H37NO3/c1-5-6-7-8-9-10-11-12-13-14-15-19(23,16-18(21)22)17-20(2,3)4/h14-15,23H,5-13,16-17H2,1-4H3. The third-order valence-electron chi connectivity index (χ3n) is 3.85. The van der Waals surface area contributed by atoms with Crippen molar-refractivity contribution in [1.29, 1.82) is 0 Å². The number of carbonyl (C=O) groups is 1. The number of quaternary nitrogens is 1. The van der Waals surface area contributed by atoms with Crippen LogP contribution in [0, 0.1) is 0 Å². The zero-order valence-corrected chi connectivity index (χ0v) is 15.6. The fraction of sp³-hybridized carbons (Fsp3) is 0.842. The van der Waals surface area contributed by atoms with E-state index in [1.807, 2.05) is 27.2 Å². The van der Waals surface area contributed by atoms with Crippen molar-refractivity contribution in [3.63, 3.8) is 0 Å². The molecule has 0 saturated carbocycles. The number of aliphatic hydroxyl groups is 1. The van der Waals surface area contributed by atoms with Gasteiger partial charge < -0.3 is 19.5 Å². The number of hydrogen-bond acceptors (Lipinski definition) is 3. The van der Waals surface area contributed by atoms with Crippen molar-refractivity contribution in [1.82, 2.24) is 0 Å². The van der Waals surface area contributed by atoms with Crippen LogP contribution in [0.5, 0.6) is 0 Å². The number of nitrogens with zero attached hydrogens (tertiary/aromatic N) is 1. The predicted octanol–water partition coefficient (Wildman–Crippen LogP) is 2.65. The molecule has 0 aromatic carbocycles. The van der Waals surface area contributed by atoms with E-state index in [-0.39, 0.29) is 6.42 Å². The average Bonchev–Trinajstić information content (AvgIpc) is 2.37. The van der Waals surface area contributed by atoms with Gasteiger partial charge in [0.2, 0.25) is 0 Å². The van der Waals surface area contributed by atoms with E-state index in [1.165, 1.54) is 44.9 Å². The lowest BCUT2D eigenvalue weighted by molar-refractivity contribution is -0.876. The van der Waals surface area contributed by atoms with Gasteiger partial charge in [0.25, 0.3) is 0 Å². The number of rotatable bonds is 14. The van der Waals surface area contributed by atoms with Crippen molar-refractivity contribution in [3.05, 3.63) is 12.2 Å². The van der Waals surface area contributed by atoms with E-state index in [0.717, 1.165) is 12.8 Å². The summed E-state index contributed by atoms with van der Waals surface area (Å²) in [7, 11) is 5.81. The van der Waals surface area contributed by atoms with E-state index in [4.69, 9.17) is 0 Å². The monoisotopic (exact) mass is 327 g/mol. The molecule has 4 heteroatoms. The highest BCUT2D eigenvalue weighted by Gasteiger charge is 2.30. The minimum atomic E-state index is -1.32. The van der Waals surface area contributed by atoms with Crippen molar-refractivity contribution in [2.45, 2.75) is 76.7 Å². The summed E-state index contributed by atoms with van der Waals surface area (Å²) in [5.41, 5.74) is -1.32. The maximum absolute atomic E-state index is 10.9. The average molecular weight is 328 g/mol. The molecule has 0 aromatic heterocycles. The molecule has 1 N–H and O–H groups in total. The topological polar surface area (TPSA) is 60.4 Å². The van der Waals surface area contributed by atoms with Gasteiger partial charge in [-0.2, -0.15) is 0 Å². The molecule has 0 saturated heterocycles. The second-order valence-electron chi connectivity index (χ2n) is 7.77. The van der Waals surface area contributed by atoms with E-state index in [9.17, 15) is 15.0 Å². The zero-order valence-electron chi connectivity index (χ0n) is 15.6. The van der Waals surface area contributed by atoms with E-state index >= 15 is 0 Å². The second-order valence-corrected chi connectivity index (χ2v) is 7.77. The minimum Gasteiger partial charge on any atom is -0.550 e. The van der Waals surface area contributed by atoms with Crippen LogP contribution in [-0.2, 0) is 4.79 Å². The smallest absolute Gasteiger partial charge is 0.137 e. The summed E-state index contributed by atoms with van der Waals surface area (Å²) < 4.78 is 0.506. The molecule has 1 unspecified atom stereocenters. The van der Waals surface area contributed by atoms with E-state index in [1.54, 1.807) is 6.08 Å². The highest BCUT2D eigenvalue weighted by molar-refractivity contribution is 5.66. The summed E-state index contributed by atoms with van der Waals surface area (Å²) in [5, 5.41) is 21.4. The zero-order chi connectivity index (χ0) is 17.8. The fourth-order valence-electron chi connectivity index (χ4n) is 2.94. The molecule has 0 aliphatic heterocycles. The van der Waals surface area contributed by atoms with Crippen LogP contribution in [0.3, 0.4) is 0 Å². The van der Waals surface area contributed by atoms with Gasteiger partial charge in [-0.05, 0) is 12.8 Å². The molecular formula is C19H37NO3. The Bertz CT molecular complexity index is 347. The number of carboxylic acids is 1. The van der Waals surface area contributed by atoms with Gasteiger partial charge in [0.1, 0.15) is 12.1 Å². The maximum atomic E-state index is 10.9. The van der Waals surface area contributed by atoms with Gasteiger partial charge in [-0.15, -0.1) is 0 Å². The van der Waals surface area contributed by atoms with Crippen molar-refractivity contribution >= 4 is 5.97 Å². The van der Waals surface area contributed by atoms with Gasteiger partial charge in [0.15, 0.2) is 0 Å². The van der Waals surface area contributed by atoms with Crippen LogP contribution in [0.2, 0.25) is 0 Å². The van der Waals surface area contributed by atoms with E-state index in [0.29, 0.717) is 11.0 Å². The van der Waals surface area contributed by atoms with E-state index in [2.05, 4.69) is 6.92 Å². The SMILES string of the molecule is CCCCCCCCCCC=CC(O)(CC(=O)[O-])C[N+](C)(C)C. The molecule has 1 atom stereocenters. The second kappa shape index (κ2) is 11.6. The van der Waals surface area contributed by atoms with Gasteiger partial charge >= 0.3 is 0 Å². The van der Waals surface area contributed by atoms with Crippen LogP contribution in [0.1, 0.15) is 71.1 Å². The molecule has 0 amide bonds. The van der Waals surface area contributed by atoms with Crippen LogP contribution in [0.4, 0.5) is 0 Å². The fourth-order valence-corrected chi connectivity index (χ4v) is 2.94. The van der Waals surface area contributed by atoms with Gasteiger partial charge in [0, 0.05) is 12.4 Å². The number of allylic oxidation sites excluding steroid dienone is 1. The number of likely N-dealkylation sites (N-methyl/N-ethyl adjacent to an activating group) is 1. The van der Waals surface area contributed by atoms with Gasteiger partial charge in [-0.3, -0.25) is 0 Å². The lowest BCUT2D eigenvalue weighted by Gasteiger charge is -2.34. The highest BCUT2D eigenvalue weighted by atomic mass is 16.4. The summed E-state index contributed by atoms with van der Waals surface area (Å²) in [5.74, 6) is -1.21. The number of carboxylic acid groups (broad SMARTS) is 1. The molecule has 0 heterocycles. The third kappa shape index (κ3) is 14.5. The molecule has 0 radical (unpaired) electrons. The van der Waals surface area contributed by atoms with Gasteiger partial charge in [0.05, 0.1) is 21.1 Å². The summed E-state index contributed by atoms with van der Waals surface area (Å²) >= 11 is 0. The van der Waals surface area contributed by atoms with E-state index < -0.39 is 11.6 Å². The van der Waals surface area contributed by atoms with Crippen LogP contribution >= 0.6 is 0 Å². The summed E-state index contributed by atoms with van der Waals surface area (Å²) in [4.78, 5) is 10.9. The Hall–Kier alpha value is -0.870. The first-order valence-corrected chi connectivity index (χ1v) is 9.09. The first-order valence-electron chi connectivity index (χ1n) is 9.09.